The van der Waals surface area contributed by atoms with Gasteiger partial charge < -0.3 is 5.11 Å². The zero-order valence-corrected chi connectivity index (χ0v) is 5.86. The summed E-state index contributed by atoms with van der Waals surface area (Å²) in [5.41, 5.74) is 0.806. The average Bonchev–Trinajstić information content (AvgIpc) is 2.05. The Balaban J connectivity index is 2.96. The zero-order valence-electron chi connectivity index (χ0n) is 5.86. The second kappa shape index (κ2) is 3.01. The highest BCUT2D eigenvalue weighted by Crippen LogP contribution is 1.87. The van der Waals surface area contributed by atoms with Gasteiger partial charge in [0, 0.05) is 19.1 Å². The summed E-state index contributed by atoms with van der Waals surface area (Å²) in [7, 11) is 0. The van der Waals surface area contributed by atoms with Gasteiger partial charge in [-0.3, -0.25) is 0 Å². The fourth-order valence-electron chi connectivity index (χ4n) is 0.700. The lowest BCUT2D eigenvalue weighted by Gasteiger charge is -1.89. The molecule has 0 bridgehead atoms. The molecule has 0 radical (unpaired) electrons. The third kappa shape index (κ3) is 1.35. The predicted molar refractivity (Wildman–Crippen MR) is 39.2 cm³/mol. The van der Waals surface area contributed by atoms with E-state index in [1.807, 2.05) is 42.1 Å². The fraction of sp³-hybridized carbons (Fsp3) is 0.125. The van der Waals surface area contributed by atoms with Gasteiger partial charge in [0.25, 0.3) is 0 Å². The van der Waals surface area contributed by atoms with Crippen LogP contribution in [0.25, 0.3) is 5.70 Å². The number of rotatable bonds is 1. The van der Waals surface area contributed by atoms with Gasteiger partial charge in [0.05, 0.1) is 0 Å². The van der Waals surface area contributed by atoms with Crippen LogP contribution in [0.4, 0.5) is 0 Å². The van der Waals surface area contributed by atoms with Gasteiger partial charge in [-0.05, 0) is 0 Å². The molecule has 1 heterocycles. The average molecular weight is 136 g/mol. The van der Waals surface area contributed by atoms with Gasteiger partial charge in [-0.25, -0.2) is 0 Å². The summed E-state index contributed by atoms with van der Waals surface area (Å²) < 4.78 is 1.83. The van der Waals surface area contributed by atoms with Crippen molar-refractivity contribution in [3.05, 3.63) is 36.9 Å². The van der Waals surface area contributed by atoms with Gasteiger partial charge in [-0.15, -0.1) is 0 Å². The van der Waals surface area contributed by atoms with Crippen LogP contribution in [0.1, 0.15) is 6.92 Å². The summed E-state index contributed by atoms with van der Waals surface area (Å²) in [5, 5.41) is 8.61. The van der Waals surface area contributed by atoms with Crippen molar-refractivity contribution in [2.75, 3.05) is 0 Å². The SMILES string of the molecule is C/C(=C\O)[n+]1ccccc1. The van der Waals surface area contributed by atoms with E-state index in [4.69, 9.17) is 5.11 Å². The first-order valence-corrected chi connectivity index (χ1v) is 3.12. The summed E-state index contributed by atoms with van der Waals surface area (Å²) in [6, 6.07) is 5.75. The zero-order chi connectivity index (χ0) is 7.40. The van der Waals surface area contributed by atoms with Crippen LogP contribution in [-0.4, -0.2) is 5.11 Å². The molecule has 0 aliphatic rings. The largest absolute Gasteiger partial charge is 0.509 e. The fourth-order valence-corrected chi connectivity index (χ4v) is 0.700. The molecule has 1 aromatic rings. The van der Waals surface area contributed by atoms with E-state index >= 15 is 0 Å². The second-order valence-corrected chi connectivity index (χ2v) is 2.05. The Morgan fingerprint density at radius 2 is 1.90 bits per heavy atom. The Hall–Kier alpha value is -1.31. The molecule has 1 rings (SSSR count). The van der Waals surface area contributed by atoms with Crippen molar-refractivity contribution in [3.63, 3.8) is 0 Å². The Kier molecular flexibility index (Phi) is 2.05. The second-order valence-electron chi connectivity index (χ2n) is 2.05. The lowest BCUT2D eigenvalue weighted by Crippen LogP contribution is -2.29. The van der Waals surface area contributed by atoms with Crippen LogP contribution in [-0.2, 0) is 0 Å². The molecule has 0 aromatic carbocycles. The molecule has 0 aliphatic heterocycles. The molecule has 1 aromatic heterocycles. The molecule has 2 nitrogen and oxygen atoms in total. The molecule has 1 N–H and O–H groups in total. The van der Waals surface area contributed by atoms with Crippen LogP contribution < -0.4 is 4.57 Å². The molecule has 0 amide bonds. The van der Waals surface area contributed by atoms with Crippen LogP contribution in [0.5, 0.6) is 0 Å². The van der Waals surface area contributed by atoms with Gasteiger partial charge in [0.1, 0.15) is 6.26 Å². The predicted octanol–water partition coefficient (Wildman–Crippen LogP) is 1.35. The molecule has 0 spiro atoms. The molecular formula is C8H10NO+. The molecule has 0 saturated heterocycles. The molecule has 0 saturated carbocycles. The van der Waals surface area contributed by atoms with Gasteiger partial charge in [-0.1, -0.05) is 6.07 Å². The Bertz CT molecular complexity index is 228. The van der Waals surface area contributed by atoms with Crippen LogP contribution in [0.2, 0.25) is 0 Å². The monoisotopic (exact) mass is 136 g/mol. The molecule has 52 valence electrons. The smallest absolute Gasteiger partial charge is 0.218 e. The Morgan fingerprint density at radius 1 is 1.30 bits per heavy atom. The standard InChI is InChI=1S/C8H9NO/c1-8(7-10)9-5-3-2-4-6-9/h2-7H,1H3/p+1/b8-7+. The maximum atomic E-state index is 8.61. The minimum atomic E-state index is 0.806. The molecule has 0 unspecified atom stereocenters. The van der Waals surface area contributed by atoms with Gasteiger partial charge in [0.2, 0.25) is 5.70 Å². The van der Waals surface area contributed by atoms with Crippen LogP contribution in [0, 0.1) is 0 Å². The summed E-state index contributed by atoms with van der Waals surface area (Å²) in [4.78, 5) is 0. The van der Waals surface area contributed by atoms with E-state index in [0.717, 1.165) is 12.0 Å². The molecule has 0 aliphatic carbocycles. The van der Waals surface area contributed by atoms with Crippen LogP contribution in [0.3, 0.4) is 0 Å². The summed E-state index contributed by atoms with van der Waals surface area (Å²) in [5.74, 6) is 0. The maximum Gasteiger partial charge on any atom is 0.218 e. The first-order valence-electron chi connectivity index (χ1n) is 3.12. The van der Waals surface area contributed by atoms with E-state index in [9.17, 15) is 0 Å². The first kappa shape index (κ1) is 6.81. The molecular weight excluding hydrogens is 126 g/mol. The summed E-state index contributed by atoms with van der Waals surface area (Å²) in [6.07, 6.45) is 4.84. The topological polar surface area (TPSA) is 24.1 Å². The van der Waals surface area contributed by atoms with Crippen molar-refractivity contribution in [1.29, 1.82) is 0 Å². The van der Waals surface area contributed by atoms with Crippen molar-refractivity contribution >= 4 is 5.70 Å². The van der Waals surface area contributed by atoms with E-state index in [-0.39, 0.29) is 0 Å². The number of hydrogen-bond donors (Lipinski definition) is 1. The quantitative estimate of drug-likeness (QED) is 0.457. The molecule has 0 fully saturated rings. The number of pyridine rings is 1. The van der Waals surface area contributed by atoms with Gasteiger partial charge in [0.15, 0.2) is 12.4 Å². The third-order valence-electron chi connectivity index (χ3n) is 1.31. The lowest BCUT2D eigenvalue weighted by atomic mass is 10.4. The van der Waals surface area contributed by atoms with E-state index in [2.05, 4.69) is 0 Å². The number of aromatic nitrogens is 1. The molecule has 0 atom stereocenters. The van der Waals surface area contributed by atoms with Crippen molar-refractivity contribution < 1.29 is 9.67 Å². The highest BCUT2D eigenvalue weighted by molar-refractivity contribution is 5.24. The Morgan fingerprint density at radius 3 is 2.40 bits per heavy atom. The van der Waals surface area contributed by atoms with E-state index < -0.39 is 0 Å². The van der Waals surface area contributed by atoms with Gasteiger partial charge >= 0.3 is 0 Å². The number of aliphatic hydroxyl groups excluding tert-OH is 1. The highest BCUT2D eigenvalue weighted by Gasteiger charge is 1.98. The molecule has 10 heavy (non-hydrogen) atoms. The van der Waals surface area contributed by atoms with Crippen molar-refractivity contribution in [2.24, 2.45) is 0 Å². The maximum absolute atomic E-state index is 8.61. The van der Waals surface area contributed by atoms with Crippen LogP contribution in [0.15, 0.2) is 36.9 Å². The minimum absolute atomic E-state index is 0.806. The Labute approximate surface area is 60.1 Å². The van der Waals surface area contributed by atoms with E-state index in [1.165, 1.54) is 0 Å². The molecule has 2 heteroatoms. The third-order valence-corrected chi connectivity index (χ3v) is 1.31. The highest BCUT2D eigenvalue weighted by atomic mass is 16.2. The first-order chi connectivity index (χ1) is 4.84. The summed E-state index contributed by atoms with van der Waals surface area (Å²) in [6.45, 7) is 1.83. The van der Waals surface area contributed by atoms with Crippen molar-refractivity contribution in [1.82, 2.24) is 0 Å². The van der Waals surface area contributed by atoms with E-state index in [0.29, 0.717) is 0 Å². The van der Waals surface area contributed by atoms with Gasteiger partial charge in [-0.2, -0.15) is 4.57 Å². The normalized spacial score (nSPS) is 11.5. The number of nitrogens with zero attached hydrogens (tertiary/aromatic N) is 1. The summed E-state index contributed by atoms with van der Waals surface area (Å²) >= 11 is 0. The minimum Gasteiger partial charge on any atom is -0.509 e. The van der Waals surface area contributed by atoms with E-state index in [1.54, 1.807) is 0 Å². The van der Waals surface area contributed by atoms with Crippen molar-refractivity contribution in [2.45, 2.75) is 6.92 Å². The number of hydrogen-bond acceptors (Lipinski definition) is 1. The lowest BCUT2D eigenvalue weighted by molar-refractivity contribution is -0.582. The number of aliphatic hydroxyl groups is 1. The van der Waals surface area contributed by atoms with Crippen LogP contribution >= 0.6 is 0 Å². The number of allylic oxidation sites excluding steroid dienone is 1. The van der Waals surface area contributed by atoms with Crippen molar-refractivity contribution in [3.8, 4) is 0 Å².